The third-order valence-electron chi connectivity index (χ3n) is 1.62. The van der Waals surface area contributed by atoms with Crippen LogP contribution in [0.25, 0.3) is 6.08 Å². The second-order valence-electron chi connectivity index (χ2n) is 2.76. The molecule has 1 heterocycles. The van der Waals surface area contributed by atoms with Gasteiger partial charge in [-0.25, -0.2) is 0 Å². The number of alkyl halides is 1. The molecule has 0 aliphatic carbocycles. The first-order valence-electron chi connectivity index (χ1n) is 3.78. The minimum atomic E-state index is 0.388. The maximum Gasteiger partial charge on any atom is 0.105 e. The molecule has 0 N–H and O–H groups in total. The fourth-order valence-electron chi connectivity index (χ4n) is 0.776. The fourth-order valence-corrected chi connectivity index (χ4v) is 0.908. The smallest absolute Gasteiger partial charge is 0.105 e. The Morgan fingerprint density at radius 3 is 2.83 bits per heavy atom. The van der Waals surface area contributed by atoms with E-state index in [9.17, 15) is 0 Å². The molecule has 3 nitrogen and oxygen atoms in total. The highest BCUT2D eigenvalue weighted by molar-refractivity contribution is 9.09. The van der Waals surface area contributed by atoms with Crippen LogP contribution in [0.4, 0.5) is 0 Å². The molecule has 0 amide bonds. The molecular weight excluding hydrogens is 218 g/mol. The average Bonchev–Trinajstić information content (AvgIpc) is 2.35. The lowest BCUT2D eigenvalue weighted by atomic mass is 10.2. The van der Waals surface area contributed by atoms with E-state index in [0.29, 0.717) is 4.83 Å². The zero-order valence-electron chi connectivity index (χ0n) is 7.45. The summed E-state index contributed by atoms with van der Waals surface area (Å²) in [6.45, 7) is 4.15. The van der Waals surface area contributed by atoms with Crippen molar-refractivity contribution in [3.05, 3.63) is 17.5 Å². The van der Waals surface area contributed by atoms with E-state index in [-0.39, 0.29) is 0 Å². The molecule has 4 heteroatoms. The standard InChI is InChI=1S/C8H12BrN3/c1-6(7(2)9)4-8-5-10-12(3)11-8/h4-5,7H,1-3H3/b6-4+. The van der Waals surface area contributed by atoms with Crippen LogP contribution in [0.5, 0.6) is 0 Å². The van der Waals surface area contributed by atoms with Gasteiger partial charge in [0, 0.05) is 11.9 Å². The molecule has 1 rings (SSSR count). The highest BCUT2D eigenvalue weighted by Gasteiger charge is 1.99. The molecule has 1 aromatic rings. The Labute approximate surface area is 80.6 Å². The van der Waals surface area contributed by atoms with E-state index in [1.165, 1.54) is 5.57 Å². The number of allylic oxidation sites excluding steroid dienone is 1. The van der Waals surface area contributed by atoms with Crippen molar-refractivity contribution in [3.63, 3.8) is 0 Å². The molecule has 66 valence electrons. The van der Waals surface area contributed by atoms with Gasteiger partial charge in [0.15, 0.2) is 0 Å². The molecule has 0 fully saturated rings. The van der Waals surface area contributed by atoms with Crippen molar-refractivity contribution in [3.8, 4) is 0 Å². The summed E-state index contributed by atoms with van der Waals surface area (Å²) in [5.74, 6) is 0. The van der Waals surface area contributed by atoms with Crippen molar-refractivity contribution in [2.75, 3.05) is 0 Å². The zero-order chi connectivity index (χ0) is 9.14. The van der Waals surface area contributed by atoms with Crippen LogP contribution in [-0.4, -0.2) is 19.8 Å². The van der Waals surface area contributed by atoms with E-state index in [1.807, 2.05) is 13.1 Å². The van der Waals surface area contributed by atoms with E-state index < -0.39 is 0 Å². The second-order valence-corrected chi connectivity index (χ2v) is 4.14. The molecule has 0 spiro atoms. The van der Waals surface area contributed by atoms with Gasteiger partial charge >= 0.3 is 0 Å². The summed E-state index contributed by atoms with van der Waals surface area (Å²) in [6, 6.07) is 0. The number of nitrogens with zero attached hydrogens (tertiary/aromatic N) is 3. The van der Waals surface area contributed by atoms with Crippen LogP contribution in [0.15, 0.2) is 11.8 Å². The highest BCUT2D eigenvalue weighted by atomic mass is 79.9. The Kier molecular flexibility index (Phi) is 3.03. The van der Waals surface area contributed by atoms with E-state index >= 15 is 0 Å². The monoisotopic (exact) mass is 229 g/mol. The van der Waals surface area contributed by atoms with Crippen molar-refractivity contribution in [2.24, 2.45) is 7.05 Å². The number of halogens is 1. The molecule has 0 radical (unpaired) electrons. The normalized spacial score (nSPS) is 14.8. The lowest BCUT2D eigenvalue weighted by molar-refractivity contribution is 0.652. The SMILES string of the molecule is C/C(=C\c1cnn(C)n1)C(C)Br. The summed E-state index contributed by atoms with van der Waals surface area (Å²) in [6.07, 6.45) is 3.77. The predicted molar refractivity (Wildman–Crippen MR) is 53.0 cm³/mol. The van der Waals surface area contributed by atoms with Crippen molar-refractivity contribution < 1.29 is 0 Å². The Balaban J connectivity index is 2.80. The molecule has 1 atom stereocenters. The topological polar surface area (TPSA) is 30.7 Å². The first kappa shape index (κ1) is 9.45. The maximum atomic E-state index is 4.14. The summed E-state index contributed by atoms with van der Waals surface area (Å²) in [7, 11) is 1.81. The van der Waals surface area contributed by atoms with Gasteiger partial charge in [-0.05, 0) is 19.9 Å². The number of rotatable bonds is 2. The van der Waals surface area contributed by atoms with E-state index in [2.05, 4.69) is 40.0 Å². The Morgan fingerprint density at radius 2 is 2.42 bits per heavy atom. The van der Waals surface area contributed by atoms with Gasteiger partial charge in [0.25, 0.3) is 0 Å². The fraction of sp³-hybridized carbons (Fsp3) is 0.500. The third-order valence-corrected chi connectivity index (χ3v) is 2.34. The summed E-state index contributed by atoms with van der Waals surface area (Å²) in [5.41, 5.74) is 2.15. The van der Waals surface area contributed by atoms with Crippen LogP contribution < -0.4 is 0 Å². The summed E-state index contributed by atoms with van der Waals surface area (Å²) in [4.78, 5) is 1.94. The molecule has 0 aliphatic rings. The van der Waals surface area contributed by atoms with Gasteiger partial charge in [-0.15, -0.1) is 0 Å². The summed E-state index contributed by atoms with van der Waals surface area (Å²) >= 11 is 3.48. The highest BCUT2D eigenvalue weighted by Crippen LogP contribution is 2.12. The van der Waals surface area contributed by atoms with Crippen molar-refractivity contribution in [2.45, 2.75) is 18.7 Å². The maximum absolute atomic E-state index is 4.14. The van der Waals surface area contributed by atoms with Crippen LogP contribution in [0.2, 0.25) is 0 Å². The van der Waals surface area contributed by atoms with Gasteiger partial charge in [-0.3, -0.25) is 0 Å². The molecule has 0 saturated heterocycles. The Bertz CT molecular complexity index is 288. The molecule has 0 bridgehead atoms. The van der Waals surface area contributed by atoms with E-state index in [0.717, 1.165) is 5.69 Å². The van der Waals surface area contributed by atoms with Crippen LogP contribution in [-0.2, 0) is 7.05 Å². The van der Waals surface area contributed by atoms with Gasteiger partial charge in [-0.2, -0.15) is 15.0 Å². The molecule has 1 unspecified atom stereocenters. The second kappa shape index (κ2) is 3.85. The lowest BCUT2D eigenvalue weighted by Gasteiger charge is -2.00. The average molecular weight is 230 g/mol. The lowest BCUT2D eigenvalue weighted by Crippen LogP contribution is -1.93. The first-order chi connectivity index (χ1) is 5.59. The number of hydrogen-bond acceptors (Lipinski definition) is 2. The minimum Gasteiger partial charge on any atom is -0.187 e. The summed E-state index contributed by atoms with van der Waals surface area (Å²) < 4.78 is 0. The largest absolute Gasteiger partial charge is 0.187 e. The number of aromatic nitrogens is 3. The molecule has 0 aliphatic heterocycles. The Hall–Kier alpha value is -0.640. The molecule has 0 saturated carbocycles. The van der Waals surface area contributed by atoms with Gasteiger partial charge in [-0.1, -0.05) is 21.5 Å². The van der Waals surface area contributed by atoms with Gasteiger partial charge in [0.2, 0.25) is 0 Å². The third kappa shape index (κ3) is 2.44. The minimum absolute atomic E-state index is 0.388. The Morgan fingerprint density at radius 1 is 1.75 bits per heavy atom. The quantitative estimate of drug-likeness (QED) is 0.727. The zero-order valence-corrected chi connectivity index (χ0v) is 9.04. The van der Waals surface area contributed by atoms with Gasteiger partial charge < -0.3 is 0 Å². The van der Waals surface area contributed by atoms with Crippen molar-refractivity contribution in [1.82, 2.24) is 15.0 Å². The van der Waals surface area contributed by atoms with Gasteiger partial charge in [0.05, 0.1) is 6.20 Å². The molecular formula is C8H12BrN3. The van der Waals surface area contributed by atoms with Crippen LogP contribution in [0, 0.1) is 0 Å². The molecule has 12 heavy (non-hydrogen) atoms. The van der Waals surface area contributed by atoms with Crippen molar-refractivity contribution >= 4 is 22.0 Å². The summed E-state index contributed by atoms with van der Waals surface area (Å²) in [5, 5.41) is 8.12. The van der Waals surface area contributed by atoms with Crippen LogP contribution in [0.1, 0.15) is 19.5 Å². The molecule has 1 aromatic heterocycles. The van der Waals surface area contributed by atoms with Gasteiger partial charge in [0.1, 0.15) is 5.69 Å². The van der Waals surface area contributed by atoms with E-state index in [1.54, 1.807) is 11.0 Å². The number of hydrogen-bond donors (Lipinski definition) is 0. The molecule has 0 aromatic carbocycles. The van der Waals surface area contributed by atoms with Crippen molar-refractivity contribution in [1.29, 1.82) is 0 Å². The van der Waals surface area contributed by atoms with Crippen LogP contribution >= 0.6 is 15.9 Å². The van der Waals surface area contributed by atoms with Crippen LogP contribution in [0.3, 0.4) is 0 Å². The first-order valence-corrected chi connectivity index (χ1v) is 4.69. The number of aryl methyl sites for hydroxylation is 1. The predicted octanol–water partition coefficient (Wildman–Crippen LogP) is 2.00. The van der Waals surface area contributed by atoms with E-state index in [4.69, 9.17) is 0 Å².